The highest BCUT2D eigenvalue weighted by Crippen LogP contribution is 2.31. The van der Waals surface area contributed by atoms with Crippen molar-refractivity contribution in [1.82, 2.24) is 0 Å². The Labute approximate surface area is 147 Å². The smallest absolute Gasteiger partial charge is 0.145 e. The van der Waals surface area contributed by atoms with Gasteiger partial charge in [0, 0.05) is 18.3 Å². The van der Waals surface area contributed by atoms with E-state index in [1.165, 1.54) is 12.1 Å². The lowest BCUT2D eigenvalue weighted by Crippen LogP contribution is -2.09. The Morgan fingerprint density at radius 3 is 2.62 bits per heavy atom. The summed E-state index contributed by atoms with van der Waals surface area (Å²) in [6.07, 6.45) is 1.02. The molecule has 0 amide bonds. The van der Waals surface area contributed by atoms with Crippen LogP contribution < -0.4 is 10.1 Å². The molecule has 0 radical (unpaired) electrons. The van der Waals surface area contributed by atoms with E-state index in [1.54, 1.807) is 6.07 Å². The van der Waals surface area contributed by atoms with Crippen molar-refractivity contribution in [1.29, 1.82) is 0 Å². The standard InChI is InChI=1S/C19H22ClFN2O/c1-5-8-22-14(4)23-18-9-13(3)19(10-12(18)2)24-15-6-7-16(20)17(21)11-15/h6-7,9-11H,5,8H2,1-4H3,(H,22,23). The highest BCUT2D eigenvalue weighted by Gasteiger charge is 2.09. The first kappa shape index (κ1) is 18.3. The third-order valence-electron chi connectivity index (χ3n) is 3.53. The van der Waals surface area contributed by atoms with Gasteiger partial charge in [0.15, 0.2) is 0 Å². The zero-order valence-corrected chi connectivity index (χ0v) is 15.2. The second-order valence-corrected chi connectivity index (χ2v) is 6.11. The molecule has 24 heavy (non-hydrogen) atoms. The minimum absolute atomic E-state index is 0.0802. The zero-order valence-electron chi connectivity index (χ0n) is 14.4. The average Bonchev–Trinajstić information content (AvgIpc) is 2.53. The number of hydrogen-bond donors (Lipinski definition) is 1. The summed E-state index contributed by atoms with van der Waals surface area (Å²) in [4.78, 5) is 4.44. The molecule has 0 heterocycles. The lowest BCUT2D eigenvalue weighted by molar-refractivity contribution is 0.473. The van der Waals surface area contributed by atoms with Crippen molar-refractivity contribution in [3.63, 3.8) is 0 Å². The molecule has 2 aromatic rings. The monoisotopic (exact) mass is 348 g/mol. The minimum atomic E-state index is -0.496. The second-order valence-electron chi connectivity index (χ2n) is 5.70. The number of benzene rings is 2. The highest BCUT2D eigenvalue weighted by molar-refractivity contribution is 6.30. The van der Waals surface area contributed by atoms with Gasteiger partial charge in [-0.1, -0.05) is 18.5 Å². The van der Waals surface area contributed by atoms with Crippen molar-refractivity contribution in [3.8, 4) is 11.5 Å². The number of halogens is 2. The van der Waals surface area contributed by atoms with Crippen LogP contribution in [0.2, 0.25) is 5.02 Å². The Kier molecular flexibility index (Phi) is 6.21. The van der Waals surface area contributed by atoms with Crippen LogP contribution in [-0.2, 0) is 0 Å². The predicted octanol–water partition coefficient (Wildman–Crippen LogP) is 6.13. The van der Waals surface area contributed by atoms with Gasteiger partial charge in [0.25, 0.3) is 0 Å². The van der Waals surface area contributed by atoms with E-state index in [0.717, 1.165) is 35.6 Å². The Morgan fingerprint density at radius 1 is 1.21 bits per heavy atom. The molecule has 0 unspecified atom stereocenters. The van der Waals surface area contributed by atoms with Crippen molar-refractivity contribution >= 4 is 23.1 Å². The van der Waals surface area contributed by atoms with Gasteiger partial charge in [0.05, 0.1) is 10.9 Å². The van der Waals surface area contributed by atoms with Gasteiger partial charge in [-0.15, -0.1) is 0 Å². The molecule has 0 atom stereocenters. The molecule has 1 N–H and O–H groups in total. The van der Waals surface area contributed by atoms with Gasteiger partial charge in [0.2, 0.25) is 0 Å². The molecule has 5 heteroatoms. The van der Waals surface area contributed by atoms with Crippen LogP contribution in [0.3, 0.4) is 0 Å². The van der Waals surface area contributed by atoms with Crippen LogP contribution in [-0.4, -0.2) is 12.4 Å². The SMILES string of the molecule is CCCN=C(C)Nc1cc(C)c(Oc2ccc(Cl)c(F)c2)cc1C. The van der Waals surface area contributed by atoms with E-state index < -0.39 is 5.82 Å². The van der Waals surface area contributed by atoms with Crippen LogP contribution >= 0.6 is 11.6 Å². The molecule has 0 aromatic heterocycles. The molecular formula is C19H22ClFN2O. The molecular weight excluding hydrogens is 327 g/mol. The number of aryl methyl sites for hydroxylation is 2. The van der Waals surface area contributed by atoms with Gasteiger partial charge < -0.3 is 10.1 Å². The Morgan fingerprint density at radius 2 is 1.96 bits per heavy atom. The van der Waals surface area contributed by atoms with Crippen LogP contribution in [0.15, 0.2) is 35.3 Å². The predicted molar refractivity (Wildman–Crippen MR) is 99.3 cm³/mol. The first-order chi connectivity index (χ1) is 11.4. The molecule has 0 aliphatic rings. The first-order valence-corrected chi connectivity index (χ1v) is 8.30. The van der Waals surface area contributed by atoms with E-state index in [0.29, 0.717) is 11.5 Å². The molecule has 2 aromatic carbocycles. The van der Waals surface area contributed by atoms with Crippen molar-refractivity contribution in [3.05, 3.63) is 52.3 Å². The molecule has 3 nitrogen and oxygen atoms in total. The van der Waals surface area contributed by atoms with Crippen LogP contribution in [0.5, 0.6) is 11.5 Å². The van der Waals surface area contributed by atoms with Crippen LogP contribution in [0.1, 0.15) is 31.4 Å². The molecule has 0 saturated heterocycles. The van der Waals surface area contributed by atoms with E-state index in [1.807, 2.05) is 32.9 Å². The fourth-order valence-corrected chi connectivity index (χ4v) is 2.33. The summed E-state index contributed by atoms with van der Waals surface area (Å²) in [5.41, 5.74) is 2.96. The van der Waals surface area contributed by atoms with E-state index >= 15 is 0 Å². The maximum absolute atomic E-state index is 13.5. The first-order valence-electron chi connectivity index (χ1n) is 7.93. The van der Waals surface area contributed by atoms with Gasteiger partial charge in [-0.2, -0.15) is 0 Å². The third-order valence-corrected chi connectivity index (χ3v) is 3.84. The summed E-state index contributed by atoms with van der Waals surface area (Å²) in [6, 6.07) is 8.34. The van der Waals surface area contributed by atoms with Crippen LogP contribution in [0.25, 0.3) is 0 Å². The highest BCUT2D eigenvalue weighted by atomic mass is 35.5. The fourth-order valence-electron chi connectivity index (χ4n) is 2.22. The summed E-state index contributed by atoms with van der Waals surface area (Å²) < 4.78 is 19.3. The largest absolute Gasteiger partial charge is 0.457 e. The van der Waals surface area contributed by atoms with Crippen molar-refractivity contribution in [2.45, 2.75) is 34.1 Å². The normalized spacial score (nSPS) is 11.5. The molecule has 0 aliphatic heterocycles. The Bertz CT molecular complexity index is 759. The third kappa shape index (κ3) is 4.71. The van der Waals surface area contributed by atoms with Gasteiger partial charge >= 0.3 is 0 Å². The summed E-state index contributed by atoms with van der Waals surface area (Å²) in [6.45, 7) is 8.79. The molecule has 2 rings (SSSR count). The number of ether oxygens (including phenoxy) is 1. The number of nitrogens with zero attached hydrogens (tertiary/aromatic N) is 1. The van der Waals surface area contributed by atoms with E-state index in [9.17, 15) is 4.39 Å². The summed E-state index contributed by atoms with van der Waals surface area (Å²) >= 11 is 5.70. The van der Waals surface area contributed by atoms with Gasteiger partial charge in [-0.3, -0.25) is 4.99 Å². The lowest BCUT2D eigenvalue weighted by Gasteiger charge is -2.15. The van der Waals surface area contributed by atoms with Gasteiger partial charge in [-0.25, -0.2) is 4.39 Å². The summed E-state index contributed by atoms with van der Waals surface area (Å²) in [7, 11) is 0. The fraction of sp³-hybridized carbons (Fsp3) is 0.316. The number of hydrogen-bond acceptors (Lipinski definition) is 2. The Hall–Kier alpha value is -2.07. The van der Waals surface area contributed by atoms with Crippen LogP contribution in [0, 0.1) is 19.7 Å². The molecule has 0 saturated carbocycles. The second kappa shape index (κ2) is 8.15. The lowest BCUT2D eigenvalue weighted by atomic mass is 10.1. The maximum Gasteiger partial charge on any atom is 0.145 e. The van der Waals surface area contributed by atoms with Gasteiger partial charge in [0.1, 0.15) is 17.3 Å². The molecule has 0 bridgehead atoms. The summed E-state index contributed by atoms with van der Waals surface area (Å²) in [5, 5.41) is 3.39. The summed E-state index contributed by atoms with van der Waals surface area (Å²) in [5.74, 6) is 1.49. The minimum Gasteiger partial charge on any atom is -0.457 e. The number of rotatable bonds is 5. The van der Waals surface area contributed by atoms with Crippen molar-refractivity contribution in [2.75, 3.05) is 11.9 Å². The topological polar surface area (TPSA) is 33.6 Å². The average molecular weight is 349 g/mol. The quantitative estimate of drug-likeness (QED) is 0.521. The molecule has 128 valence electrons. The van der Waals surface area contributed by atoms with Gasteiger partial charge in [-0.05, 0) is 62.6 Å². The number of aliphatic imine (C=N–C) groups is 1. The van der Waals surface area contributed by atoms with Crippen molar-refractivity contribution < 1.29 is 9.13 Å². The maximum atomic E-state index is 13.5. The number of anilines is 1. The van der Waals surface area contributed by atoms with Crippen molar-refractivity contribution in [2.24, 2.45) is 4.99 Å². The van der Waals surface area contributed by atoms with E-state index in [-0.39, 0.29) is 5.02 Å². The number of amidine groups is 1. The molecule has 0 fully saturated rings. The van der Waals surface area contributed by atoms with E-state index in [4.69, 9.17) is 16.3 Å². The number of nitrogens with one attached hydrogen (secondary N) is 1. The van der Waals surface area contributed by atoms with Crippen LogP contribution in [0.4, 0.5) is 10.1 Å². The zero-order chi connectivity index (χ0) is 17.7. The molecule has 0 aliphatic carbocycles. The Balaban J connectivity index is 2.21. The molecule has 0 spiro atoms. The van der Waals surface area contributed by atoms with E-state index in [2.05, 4.69) is 17.2 Å².